The van der Waals surface area contributed by atoms with Crippen LogP contribution in [0.2, 0.25) is 0 Å². The first-order valence-electron chi connectivity index (χ1n) is 3.52. The third kappa shape index (κ3) is 1.95. The molecule has 2 N–H and O–H groups in total. The maximum Gasteiger partial charge on any atom is 0.206 e. The van der Waals surface area contributed by atoms with E-state index in [0.29, 0.717) is 5.69 Å². The molecule has 0 aliphatic carbocycles. The topological polar surface area (TPSA) is 44.5 Å². The molecular formula is C8H12NO2P. The van der Waals surface area contributed by atoms with Crippen molar-refractivity contribution in [2.45, 2.75) is 0 Å². The Morgan fingerprint density at radius 2 is 1.75 bits per heavy atom. The Hall–Kier alpha value is -0.630. The Kier molecular flexibility index (Phi) is 3.48. The number of hydrogen-bond donors (Lipinski definition) is 1. The number of para-hydroxylation sites is 1. The Morgan fingerprint density at radius 1 is 1.17 bits per heavy atom. The van der Waals surface area contributed by atoms with Crippen molar-refractivity contribution in [3.63, 3.8) is 0 Å². The van der Waals surface area contributed by atoms with Crippen LogP contribution in [0, 0.1) is 0 Å². The maximum atomic E-state index is 5.73. The van der Waals surface area contributed by atoms with Gasteiger partial charge in [0.15, 0.2) is 0 Å². The van der Waals surface area contributed by atoms with Crippen molar-refractivity contribution >= 4 is 19.4 Å². The highest BCUT2D eigenvalue weighted by molar-refractivity contribution is 7.56. The number of hydrogen-bond acceptors (Lipinski definition) is 3. The van der Waals surface area contributed by atoms with Gasteiger partial charge in [-0.05, 0) is 12.1 Å². The van der Waals surface area contributed by atoms with Crippen LogP contribution in [0.4, 0.5) is 5.69 Å². The largest absolute Gasteiger partial charge is 0.398 e. The molecule has 0 atom stereocenters. The first-order valence-corrected chi connectivity index (χ1v) is 4.70. The summed E-state index contributed by atoms with van der Waals surface area (Å²) in [5, 5.41) is 0.928. The van der Waals surface area contributed by atoms with Gasteiger partial charge in [-0.2, -0.15) is 0 Å². The molecule has 0 radical (unpaired) electrons. The molecule has 0 bridgehead atoms. The third-order valence-electron chi connectivity index (χ3n) is 1.47. The van der Waals surface area contributed by atoms with Crippen molar-refractivity contribution in [2.24, 2.45) is 0 Å². The van der Waals surface area contributed by atoms with Gasteiger partial charge < -0.3 is 14.8 Å². The van der Waals surface area contributed by atoms with Crippen LogP contribution >= 0.6 is 8.38 Å². The Labute approximate surface area is 73.4 Å². The SMILES string of the molecule is COP(OC)c1ccccc1N. The van der Waals surface area contributed by atoms with E-state index in [0.717, 1.165) is 5.30 Å². The van der Waals surface area contributed by atoms with Gasteiger partial charge in [0, 0.05) is 19.9 Å². The highest BCUT2D eigenvalue weighted by atomic mass is 31.2. The van der Waals surface area contributed by atoms with Crippen LogP contribution in [-0.4, -0.2) is 14.2 Å². The zero-order chi connectivity index (χ0) is 8.97. The number of nitrogens with two attached hydrogens (primary N) is 1. The monoisotopic (exact) mass is 185 g/mol. The Balaban J connectivity index is 2.92. The molecule has 3 nitrogen and oxygen atoms in total. The van der Waals surface area contributed by atoms with Crippen LogP contribution in [0.15, 0.2) is 24.3 Å². The van der Waals surface area contributed by atoms with Crippen LogP contribution in [-0.2, 0) is 9.05 Å². The summed E-state index contributed by atoms with van der Waals surface area (Å²) >= 11 is 0. The van der Waals surface area contributed by atoms with E-state index in [-0.39, 0.29) is 0 Å². The highest BCUT2D eigenvalue weighted by Crippen LogP contribution is 2.36. The van der Waals surface area contributed by atoms with E-state index in [4.69, 9.17) is 14.8 Å². The van der Waals surface area contributed by atoms with Crippen LogP contribution in [0.3, 0.4) is 0 Å². The standard InChI is InChI=1S/C8H12NO2P/c1-10-12(11-2)8-6-4-3-5-7(8)9/h3-6H,9H2,1-2H3. The summed E-state index contributed by atoms with van der Waals surface area (Å²) in [6, 6.07) is 7.55. The van der Waals surface area contributed by atoms with E-state index in [2.05, 4.69) is 0 Å². The van der Waals surface area contributed by atoms with Crippen molar-refractivity contribution in [1.82, 2.24) is 0 Å². The lowest BCUT2D eigenvalue weighted by atomic mass is 10.3. The van der Waals surface area contributed by atoms with Gasteiger partial charge >= 0.3 is 0 Å². The second kappa shape index (κ2) is 4.41. The second-order valence-corrected chi connectivity index (χ2v) is 3.91. The molecule has 0 aliphatic rings. The van der Waals surface area contributed by atoms with Gasteiger partial charge in [-0.1, -0.05) is 12.1 Å². The number of benzene rings is 1. The minimum atomic E-state index is -0.997. The normalized spacial score (nSPS) is 10.6. The van der Waals surface area contributed by atoms with E-state index < -0.39 is 8.38 Å². The van der Waals surface area contributed by atoms with E-state index in [1.54, 1.807) is 14.2 Å². The summed E-state index contributed by atoms with van der Waals surface area (Å²) in [7, 11) is 2.23. The summed E-state index contributed by atoms with van der Waals surface area (Å²) in [5.41, 5.74) is 6.44. The van der Waals surface area contributed by atoms with E-state index in [1.165, 1.54) is 0 Å². The smallest absolute Gasteiger partial charge is 0.206 e. The van der Waals surface area contributed by atoms with Crippen LogP contribution in [0.5, 0.6) is 0 Å². The van der Waals surface area contributed by atoms with Gasteiger partial charge in [0.1, 0.15) is 0 Å². The van der Waals surface area contributed by atoms with Crippen molar-refractivity contribution in [1.29, 1.82) is 0 Å². The molecule has 0 spiro atoms. The van der Waals surface area contributed by atoms with E-state index in [1.807, 2.05) is 24.3 Å². The molecule has 0 heterocycles. The number of anilines is 1. The lowest BCUT2D eigenvalue weighted by Crippen LogP contribution is -2.08. The minimum Gasteiger partial charge on any atom is -0.398 e. The second-order valence-electron chi connectivity index (χ2n) is 2.18. The fraction of sp³-hybridized carbons (Fsp3) is 0.250. The van der Waals surface area contributed by atoms with Gasteiger partial charge in [-0.3, -0.25) is 0 Å². The molecular weight excluding hydrogens is 173 g/mol. The molecule has 0 unspecified atom stereocenters. The first-order chi connectivity index (χ1) is 5.79. The zero-order valence-electron chi connectivity index (χ0n) is 7.15. The van der Waals surface area contributed by atoms with Crippen LogP contribution in [0.1, 0.15) is 0 Å². The highest BCUT2D eigenvalue weighted by Gasteiger charge is 2.12. The summed E-state index contributed by atoms with van der Waals surface area (Å²) in [6.07, 6.45) is 0. The minimum absolute atomic E-state index is 0.715. The van der Waals surface area contributed by atoms with Crippen LogP contribution in [0.25, 0.3) is 0 Å². The molecule has 4 heteroatoms. The molecule has 66 valence electrons. The summed E-state index contributed by atoms with van der Waals surface area (Å²) in [4.78, 5) is 0. The van der Waals surface area contributed by atoms with Crippen molar-refractivity contribution in [3.8, 4) is 0 Å². The lowest BCUT2D eigenvalue weighted by Gasteiger charge is -2.13. The average Bonchev–Trinajstić information content (AvgIpc) is 2.10. The summed E-state index contributed by atoms with van der Waals surface area (Å²) in [6.45, 7) is 0. The van der Waals surface area contributed by atoms with Gasteiger partial charge in [0.2, 0.25) is 8.38 Å². The average molecular weight is 185 g/mol. The predicted octanol–water partition coefficient (Wildman–Crippen LogP) is 1.50. The van der Waals surface area contributed by atoms with E-state index >= 15 is 0 Å². The molecule has 0 fully saturated rings. The quantitative estimate of drug-likeness (QED) is 0.573. The zero-order valence-corrected chi connectivity index (χ0v) is 8.04. The molecule has 0 aliphatic heterocycles. The molecule has 0 saturated carbocycles. The third-order valence-corrected chi connectivity index (χ3v) is 2.93. The molecule has 0 aromatic heterocycles. The fourth-order valence-electron chi connectivity index (χ4n) is 0.925. The van der Waals surface area contributed by atoms with Crippen LogP contribution < -0.4 is 11.0 Å². The number of rotatable bonds is 3. The van der Waals surface area contributed by atoms with E-state index in [9.17, 15) is 0 Å². The van der Waals surface area contributed by atoms with Gasteiger partial charge in [0.05, 0.1) is 5.30 Å². The van der Waals surface area contributed by atoms with Crippen molar-refractivity contribution in [2.75, 3.05) is 20.0 Å². The summed E-state index contributed by atoms with van der Waals surface area (Å²) in [5.74, 6) is 0. The molecule has 1 aromatic carbocycles. The molecule has 1 aromatic rings. The maximum absolute atomic E-state index is 5.73. The fourth-order valence-corrected chi connectivity index (χ4v) is 1.96. The molecule has 1 rings (SSSR count). The number of nitrogen functional groups attached to an aromatic ring is 1. The molecule has 0 saturated heterocycles. The first kappa shape index (κ1) is 9.46. The Bertz CT molecular complexity index is 251. The Morgan fingerprint density at radius 3 is 2.25 bits per heavy atom. The molecule has 12 heavy (non-hydrogen) atoms. The van der Waals surface area contributed by atoms with Gasteiger partial charge in [0.25, 0.3) is 0 Å². The summed E-state index contributed by atoms with van der Waals surface area (Å²) < 4.78 is 10.3. The van der Waals surface area contributed by atoms with Gasteiger partial charge in [-0.15, -0.1) is 0 Å². The predicted molar refractivity (Wildman–Crippen MR) is 51.4 cm³/mol. The van der Waals surface area contributed by atoms with Gasteiger partial charge in [-0.25, -0.2) is 0 Å². The lowest BCUT2D eigenvalue weighted by molar-refractivity contribution is 0.350. The molecule has 0 amide bonds. The van der Waals surface area contributed by atoms with Crippen molar-refractivity contribution < 1.29 is 9.05 Å². The van der Waals surface area contributed by atoms with Crippen molar-refractivity contribution in [3.05, 3.63) is 24.3 Å².